The second-order valence-corrected chi connectivity index (χ2v) is 7.16. The van der Waals surface area contributed by atoms with Crippen molar-refractivity contribution in [3.8, 4) is 5.75 Å². The summed E-state index contributed by atoms with van der Waals surface area (Å²) in [6.45, 7) is 0.961. The third-order valence-corrected chi connectivity index (χ3v) is 5.43. The van der Waals surface area contributed by atoms with Crippen LogP contribution in [0.5, 0.6) is 5.75 Å². The van der Waals surface area contributed by atoms with E-state index in [1.54, 1.807) is 7.11 Å². The van der Waals surface area contributed by atoms with Crippen molar-refractivity contribution in [3.63, 3.8) is 0 Å². The van der Waals surface area contributed by atoms with Gasteiger partial charge < -0.3 is 9.64 Å². The maximum Gasteiger partial charge on any atom is 0.246 e. The first kappa shape index (κ1) is 16.9. The van der Waals surface area contributed by atoms with E-state index in [0.717, 1.165) is 42.1 Å². The van der Waals surface area contributed by atoms with Crippen molar-refractivity contribution in [2.75, 3.05) is 37.5 Å². The molecule has 5 nitrogen and oxygen atoms in total. The molecule has 0 aliphatic carbocycles. The second kappa shape index (κ2) is 6.65. The molecule has 26 heavy (non-hydrogen) atoms. The normalized spacial score (nSPS) is 22.6. The fraction of sp³-hybridized carbons (Fsp3) is 0.381. The Kier molecular flexibility index (Phi) is 4.32. The zero-order valence-electron chi connectivity index (χ0n) is 15.6. The van der Waals surface area contributed by atoms with E-state index in [0.29, 0.717) is 0 Å². The van der Waals surface area contributed by atoms with E-state index in [9.17, 15) is 4.79 Å². The van der Waals surface area contributed by atoms with Crippen LogP contribution in [0.3, 0.4) is 0 Å². The Balaban J connectivity index is 1.73. The zero-order valence-corrected chi connectivity index (χ0v) is 15.6. The lowest BCUT2D eigenvalue weighted by Gasteiger charge is -2.30. The first-order valence-corrected chi connectivity index (χ1v) is 9.10. The Morgan fingerprint density at radius 3 is 2.35 bits per heavy atom. The summed E-state index contributed by atoms with van der Waals surface area (Å²) >= 11 is 0. The van der Waals surface area contributed by atoms with Gasteiger partial charge in [0.2, 0.25) is 5.91 Å². The maximum atomic E-state index is 13.1. The quantitative estimate of drug-likeness (QED) is 0.847. The van der Waals surface area contributed by atoms with Crippen LogP contribution < -0.4 is 14.5 Å². The molecular weight excluding hydrogens is 326 g/mol. The predicted octanol–water partition coefficient (Wildman–Crippen LogP) is 3.27. The van der Waals surface area contributed by atoms with Gasteiger partial charge in [-0.2, -0.15) is 0 Å². The first-order valence-electron chi connectivity index (χ1n) is 9.10. The lowest BCUT2D eigenvalue weighted by Crippen LogP contribution is -2.32. The Labute approximate surface area is 154 Å². The Hall–Kier alpha value is -2.53. The molecule has 0 radical (unpaired) electrons. The monoisotopic (exact) mass is 351 g/mol. The average Bonchev–Trinajstić information content (AvgIpc) is 3.24. The summed E-state index contributed by atoms with van der Waals surface area (Å²) in [5, 5.41) is 0. The van der Waals surface area contributed by atoms with E-state index in [4.69, 9.17) is 4.74 Å². The molecule has 2 aliphatic rings. The van der Waals surface area contributed by atoms with Crippen LogP contribution in [-0.2, 0) is 4.79 Å². The highest BCUT2D eigenvalue weighted by Crippen LogP contribution is 2.42. The van der Waals surface area contributed by atoms with Crippen LogP contribution in [0.15, 0.2) is 48.5 Å². The van der Waals surface area contributed by atoms with Crippen molar-refractivity contribution in [1.29, 1.82) is 0 Å². The summed E-state index contributed by atoms with van der Waals surface area (Å²) in [6.07, 6.45) is 1.98. The number of fused-ring (bicyclic) bond motifs is 1. The Morgan fingerprint density at radius 1 is 1.04 bits per heavy atom. The van der Waals surface area contributed by atoms with Crippen LogP contribution in [0.4, 0.5) is 11.4 Å². The molecule has 0 bridgehead atoms. The molecule has 2 aliphatic heterocycles. The second-order valence-electron chi connectivity index (χ2n) is 7.16. The summed E-state index contributed by atoms with van der Waals surface area (Å²) in [7, 11) is 5.73. The first-order chi connectivity index (χ1) is 12.6. The summed E-state index contributed by atoms with van der Waals surface area (Å²) in [5.41, 5.74) is 3.24. The maximum absolute atomic E-state index is 13.1. The van der Waals surface area contributed by atoms with Crippen LogP contribution in [-0.4, -0.2) is 44.6 Å². The van der Waals surface area contributed by atoms with Gasteiger partial charge in [-0.25, -0.2) is 0 Å². The van der Waals surface area contributed by atoms with Gasteiger partial charge in [-0.1, -0.05) is 12.1 Å². The van der Waals surface area contributed by atoms with Crippen molar-refractivity contribution in [2.45, 2.75) is 25.0 Å². The standard InChI is InChI=1S/C21H25N3O2/c1-22(2)16-8-6-15(7-9-16)20-23-14-4-5-19(23)21(25)24(20)17-10-12-18(26-3)13-11-17/h6-13,19-20H,4-5,14H2,1-3H3/t19-,20-/m0/s1. The molecular formula is C21H25N3O2. The van der Waals surface area contributed by atoms with E-state index < -0.39 is 0 Å². The molecule has 5 heteroatoms. The number of carbonyl (C=O) groups excluding carboxylic acids is 1. The molecule has 2 atom stereocenters. The van der Waals surface area contributed by atoms with Gasteiger partial charge in [-0.05, 0) is 54.8 Å². The van der Waals surface area contributed by atoms with Crippen molar-refractivity contribution in [3.05, 3.63) is 54.1 Å². The van der Waals surface area contributed by atoms with Crippen molar-refractivity contribution in [2.24, 2.45) is 0 Å². The Morgan fingerprint density at radius 2 is 1.73 bits per heavy atom. The number of hydrogen-bond acceptors (Lipinski definition) is 4. The fourth-order valence-electron chi connectivity index (χ4n) is 4.07. The van der Waals surface area contributed by atoms with Crippen LogP contribution in [0.25, 0.3) is 0 Å². The summed E-state index contributed by atoms with van der Waals surface area (Å²) < 4.78 is 5.26. The number of hydrogen-bond donors (Lipinski definition) is 0. The van der Waals surface area contributed by atoms with Gasteiger partial charge in [0.05, 0.1) is 13.2 Å². The van der Waals surface area contributed by atoms with Crippen molar-refractivity contribution < 1.29 is 9.53 Å². The van der Waals surface area contributed by atoms with E-state index in [1.165, 1.54) is 0 Å². The third kappa shape index (κ3) is 2.72. The highest BCUT2D eigenvalue weighted by Gasteiger charge is 2.49. The number of benzene rings is 2. The lowest BCUT2D eigenvalue weighted by molar-refractivity contribution is -0.119. The van der Waals surface area contributed by atoms with E-state index in [2.05, 4.69) is 34.1 Å². The van der Waals surface area contributed by atoms with Gasteiger partial charge >= 0.3 is 0 Å². The van der Waals surface area contributed by atoms with Gasteiger partial charge in [0, 0.05) is 32.0 Å². The number of nitrogens with zero attached hydrogens (tertiary/aromatic N) is 3. The molecule has 2 aromatic rings. The minimum absolute atomic E-state index is 0.00405. The molecule has 1 amide bonds. The number of methoxy groups -OCH3 is 1. The topological polar surface area (TPSA) is 36.0 Å². The number of carbonyl (C=O) groups is 1. The minimum Gasteiger partial charge on any atom is -0.497 e. The van der Waals surface area contributed by atoms with Gasteiger partial charge in [-0.3, -0.25) is 14.6 Å². The van der Waals surface area contributed by atoms with E-state index in [-0.39, 0.29) is 18.1 Å². The molecule has 4 rings (SSSR count). The zero-order chi connectivity index (χ0) is 18.3. The average molecular weight is 351 g/mol. The number of ether oxygens (including phenoxy) is 1. The molecule has 0 aromatic heterocycles. The largest absolute Gasteiger partial charge is 0.497 e. The number of amides is 1. The fourth-order valence-corrected chi connectivity index (χ4v) is 4.07. The van der Waals surface area contributed by atoms with E-state index in [1.807, 2.05) is 43.3 Å². The molecule has 2 fully saturated rings. The number of rotatable bonds is 4. The van der Waals surface area contributed by atoms with E-state index >= 15 is 0 Å². The highest BCUT2D eigenvalue weighted by atomic mass is 16.5. The molecule has 0 saturated carbocycles. The van der Waals surface area contributed by atoms with Crippen LogP contribution in [0.1, 0.15) is 24.6 Å². The molecule has 0 spiro atoms. The predicted molar refractivity (Wildman–Crippen MR) is 104 cm³/mol. The van der Waals surface area contributed by atoms with Crippen LogP contribution >= 0.6 is 0 Å². The minimum atomic E-state index is -0.0420. The lowest BCUT2D eigenvalue weighted by atomic mass is 10.1. The molecule has 2 aromatic carbocycles. The van der Waals surface area contributed by atoms with Gasteiger partial charge in [-0.15, -0.1) is 0 Å². The smallest absolute Gasteiger partial charge is 0.246 e. The number of anilines is 2. The third-order valence-electron chi connectivity index (χ3n) is 5.43. The van der Waals surface area contributed by atoms with Gasteiger partial charge in [0.25, 0.3) is 0 Å². The van der Waals surface area contributed by atoms with Gasteiger partial charge in [0.15, 0.2) is 0 Å². The van der Waals surface area contributed by atoms with Crippen LogP contribution in [0.2, 0.25) is 0 Å². The van der Waals surface area contributed by atoms with Crippen LogP contribution in [0, 0.1) is 0 Å². The molecule has 2 saturated heterocycles. The summed E-state index contributed by atoms with van der Waals surface area (Å²) in [5.74, 6) is 1.00. The summed E-state index contributed by atoms with van der Waals surface area (Å²) in [4.78, 5) is 19.5. The van der Waals surface area contributed by atoms with Crippen molar-refractivity contribution in [1.82, 2.24) is 4.90 Å². The van der Waals surface area contributed by atoms with Gasteiger partial charge in [0.1, 0.15) is 11.9 Å². The Bertz CT molecular complexity index is 786. The SMILES string of the molecule is COc1ccc(N2C(=O)[C@@H]3CCCN3[C@@H]2c2ccc(N(C)C)cc2)cc1. The van der Waals surface area contributed by atoms with Crippen molar-refractivity contribution >= 4 is 17.3 Å². The molecule has 0 N–H and O–H groups in total. The molecule has 2 heterocycles. The molecule has 0 unspecified atom stereocenters. The summed E-state index contributed by atoms with van der Waals surface area (Å²) in [6, 6.07) is 16.3. The highest BCUT2D eigenvalue weighted by molar-refractivity contribution is 6.00. The molecule has 136 valence electrons.